The molecule has 0 unspecified atom stereocenters. The van der Waals surface area contributed by atoms with Crippen LogP contribution in [0.25, 0.3) is 0 Å². The second kappa shape index (κ2) is 8.19. The van der Waals surface area contributed by atoms with E-state index in [2.05, 4.69) is 4.90 Å². The number of halogens is 2. The Balaban J connectivity index is 1.48. The Morgan fingerprint density at radius 2 is 1.54 bits per heavy atom. The van der Waals surface area contributed by atoms with Crippen molar-refractivity contribution >= 4 is 11.7 Å². The van der Waals surface area contributed by atoms with E-state index in [9.17, 15) is 18.4 Å². The zero-order valence-corrected chi connectivity index (χ0v) is 14.3. The summed E-state index contributed by atoms with van der Waals surface area (Å²) in [6, 6.07) is 12.4. The van der Waals surface area contributed by atoms with Crippen molar-refractivity contribution < 1.29 is 18.4 Å². The van der Waals surface area contributed by atoms with E-state index in [4.69, 9.17) is 0 Å². The van der Waals surface area contributed by atoms with Crippen LogP contribution in [-0.2, 0) is 0 Å². The predicted octanol–water partition coefficient (Wildman–Crippen LogP) is 3.00. The molecule has 26 heavy (non-hydrogen) atoms. The van der Waals surface area contributed by atoms with Gasteiger partial charge in [0.1, 0.15) is 0 Å². The summed E-state index contributed by atoms with van der Waals surface area (Å²) in [6.07, 6.45) is 0.432. The van der Waals surface area contributed by atoms with Crippen molar-refractivity contribution in [1.29, 1.82) is 0 Å². The lowest BCUT2D eigenvalue weighted by molar-refractivity contribution is 0.0628. The van der Waals surface area contributed by atoms with E-state index in [0.717, 1.165) is 12.1 Å². The summed E-state index contributed by atoms with van der Waals surface area (Å²) in [4.78, 5) is 28.3. The number of amides is 1. The zero-order chi connectivity index (χ0) is 18.5. The van der Waals surface area contributed by atoms with Gasteiger partial charge < -0.3 is 4.90 Å². The molecule has 0 aliphatic carbocycles. The van der Waals surface area contributed by atoms with Crippen molar-refractivity contribution in [1.82, 2.24) is 9.80 Å². The highest BCUT2D eigenvalue weighted by Crippen LogP contribution is 2.13. The third-order valence-corrected chi connectivity index (χ3v) is 4.58. The molecule has 4 nitrogen and oxygen atoms in total. The van der Waals surface area contributed by atoms with Crippen molar-refractivity contribution in [3.8, 4) is 0 Å². The van der Waals surface area contributed by atoms with Crippen molar-refractivity contribution in [2.75, 3.05) is 32.7 Å². The van der Waals surface area contributed by atoms with Crippen LogP contribution in [0.4, 0.5) is 8.78 Å². The summed E-state index contributed by atoms with van der Waals surface area (Å²) in [5.41, 5.74) is 0.858. The van der Waals surface area contributed by atoms with E-state index in [-0.39, 0.29) is 17.3 Å². The molecule has 136 valence electrons. The van der Waals surface area contributed by atoms with Crippen LogP contribution in [0.2, 0.25) is 0 Å². The first-order valence-corrected chi connectivity index (χ1v) is 8.59. The Morgan fingerprint density at radius 3 is 2.19 bits per heavy atom. The number of rotatable bonds is 5. The van der Waals surface area contributed by atoms with Crippen LogP contribution in [0, 0.1) is 11.6 Å². The first-order valence-electron chi connectivity index (χ1n) is 8.59. The molecule has 1 amide bonds. The maximum atomic E-state index is 13.3. The molecule has 2 aromatic carbocycles. The molecule has 0 N–H and O–H groups in total. The van der Waals surface area contributed by atoms with Gasteiger partial charge in [-0.05, 0) is 18.2 Å². The Kier molecular flexibility index (Phi) is 5.73. The molecular weight excluding hydrogens is 338 g/mol. The molecule has 1 fully saturated rings. The predicted molar refractivity (Wildman–Crippen MR) is 94.1 cm³/mol. The van der Waals surface area contributed by atoms with Gasteiger partial charge in [0.2, 0.25) is 0 Å². The summed E-state index contributed by atoms with van der Waals surface area (Å²) in [5, 5.41) is 0. The molecule has 3 rings (SSSR count). The van der Waals surface area contributed by atoms with Crippen LogP contribution in [0.1, 0.15) is 27.1 Å². The van der Waals surface area contributed by atoms with Crippen LogP contribution < -0.4 is 0 Å². The maximum absolute atomic E-state index is 13.3. The molecule has 1 saturated heterocycles. The quantitative estimate of drug-likeness (QED) is 0.772. The molecule has 0 spiro atoms. The summed E-state index contributed by atoms with van der Waals surface area (Å²) in [5.74, 6) is -2.18. The summed E-state index contributed by atoms with van der Waals surface area (Å²) in [7, 11) is 0. The number of benzene rings is 2. The van der Waals surface area contributed by atoms with Crippen LogP contribution >= 0.6 is 0 Å². The summed E-state index contributed by atoms with van der Waals surface area (Å²) >= 11 is 0. The molecule has 1 aliphatic heterocycles. The van der Waals surface area contributed by atoms with Crippen molar-refractivity contribution in [2.45, 2.75) is 6.42 Å². The van der Waals surface area contributed by atoms with Gasteiger partial charge in [0.05, 0.1) is 0 Å². The van der Waals surface area contributed by atoms with Gasteiger partial charge >= 0.3 is 0 Å². The van der Waals surface area contributed by atoms with Crippen LogP contribution in [0.15, 0.2) is 48.5 Å². The fraction of sp³-hybridized carbons (Fsp3) is 0.300. The molecule has 6 heteroatoms. The van der Waals surface area contributed by atoms with Crippen LogP contribution in [-0.4, -0.2) is 54.2 Å². The van der Waals surface area contributed by atoms with Crippen LogP contribution in [0.3, 0.4) is 0 Å². The zero-order valence-electron chi connectivity index (χ0n) is 14.3. The van der Waals surface area contributed by atoms with Crippen molar-refractivity contribution in [3.05, 3.63) is 71.3 Å². The van der Waals surface area contributed by atoms with Gasteiger partial charge in [0, 0.05) is 50.3 Å². The molecule has 0 aromatic heterocycles. The Morgan fingerprint density at radius 1 is 0.846 bits per heavy atom. The van der Waals surface area contributed by atoms with Gasteiger partial charge in [-0.25, -0.2) is 8.78 Å². The Hall–Kier alpha value is -2.60. The number of piperazine rings is 1. The average Bonchev–Trinajstić information content (AvgIpc) is 2.69. The van der Waals surface area contributed by atoms with Crippen molar-refractivity contribution in [2.24, 2.45) is 0 Å². The Bertz CT molecular complexity index is 788. The highest BCUT2D eigenvalue weighted by Gasteiger charge is 2.23. The number of carbonyl (C=O) groups is 2. The van der Waals surface area contributed by atoms with E-state index in [1.165, 1.54) is 6.07 Å². The summed E-state index contributed by atoms with van der Waals surface area (Å²) in [6.45, 7) is 2.94. The standard InChI is InChI=1S/C20H20F2N2O2/c21-17-7-6-16(14-18(17)22)20(26)24-12-10-23(11-13-24)9-8-19(25)15-4-2-1-3-5-15/h1-7,14H,8-13H2. The minimum Gasteiger partial charge on any atom is -0.336 e. The van der Waals surface area contributed by atoms with Crippen LogP contribution in [0.5, 0.6) is 0 Å². The van der Waals surface area contributed by atoms with Gasteiger partial charge in [0.15, 0.2) is 17.4 Å². The lowest BCUT2D eigenvalue weighted by Gasteiger charge is -2.34. The SMILES string of the molecule is O=C(CCN1CCN(C(=O)c2ccc(F)c(F)c2)CC1)c1ccccc1. The summed E-state index contributed by atoms with van der Waals surface area (Å²) < 4.78 is 26.3. The van der Waals surface area contributed by atoms with Gasteiger partial charge in [0.25, 0.3) is 5.91 Å². The van der Waals surface area contributed by atoms with Crippen molar-refractivity contribution in [3.63, 3.8) is 0 Å². The number of hydrogen-bond acceptors (Lipinski definition) is 3. The number of nitrogens with zero attached hydrogens (tertiary/aromatic N) is 2. The highest BCUT2D eigenvalue weighted by molar-refractivity contribution is 5.96. The molecule has 0 saturated carbocycles. The molecule has 1 aliphatic rings. The van der Waals surface area contributed by atoms with E-state index >= 15 is 0 Å². The van der Waals surface area contributed by atoms with Gasteiger partial charge in [-0.15, -0.1) is 0 Å². The molecule has 0 atom stereocenters. The highest BCUT2D eigenvalue weighted by atomic mass is 19.2. The number of ketones is 1. The monoisotopic (exact) mass is 358 g/mol. The molecule has 2 aromatic rings. The van der Waals surface area contributed by atoms with E-state index in [0.29, 0.717) is 44.7 Å². The normalized spacial score (nSPS) is 15.1. The largest absolute Gasteiger partial charge is 0.336 e. The first-order chi connectivity index (χ1) is 12.5. The third kappa shape index (κ3) is 4.32. The number of Topliss-reactive ketones (excluding diaryl/α,β-unsaturated/α-hetero) is 1. The van der Waals surface area contributed by atoms with Gasteiger partial charge in [-0.1, -0.05) is 30.3 Å². The smallest absolute Gasteiger partial charge is 0.254 e. The first kappa shape index (κ1) is 18.2. The fourth-order valence-corrected chi connectivity index (χ4v) is 3.01. The fourth-order valence-electron chi connectivity index (χ4n) is 3.01. The van der Waals surface area contributed by atoms with Gasteiger partial charge in [-0.3, -0.25) is 14.5 Å². The third-order valence-electron chi connectivity index (χ3n) is 4.58. The molecule has 0 bridgehead atoms. The second-order valence-electron chi connectivity index (χ2n) is 6.30. The second-order valence-corrected chi connectivity index (χ2v) is 6.30. The van der Waals surface area contributed by atoms with E-state index in [1.54, 1.807) is 17.0 Å². The molecule has 0 radical (unpaired) electrons. The Labute approximate surface area is 151 Å². The van der Waals surface area contributed by atoms with E-state index in [1.807, 2.05) is 18.2 Å². The van der Waals surface area contributed by atoms with E-state index < -0.39 is 11.6 Å². The lowest BCUT2D eigenvalue weighted by atomic mass is 10.1. The van der Waals surface area contributed by atoms with Gasteiger partial charge in [-0.2, -0.15) is 0 Å². The minimum atomic E-state index is -1.02. The molecular formula is C20H20F2N2O2. The lowest BCUT2D eigenvalue weighted by Crippen LogP contribution is -2.49. The average molecular weight is 358 g/mol. The maximum Gasteiger partial charge on any atom is 0.254 e. The minimum absolute atomic E-state index is 0.103. The number of hydrogen-bond donors (Lipinski definition) is 0. The topological polar surface area (TPSA) is 40.6 Å². The number of carbonyl (C=O) groups excluding carboxylic acids is 2. The molecule has 1 heterocycles.